The van der Waals surface area contributed by atoms with Crippen LogP contribution in [0.15, 0.2) is 54.6 Å². The van der Waals surface area contributed by atoms with E-state index in [1.54, 1.807) is 19.2 Å². The highest BCUT2D eigenvalue weighted by Crippen LogP contribution is 2.35. The van der Waals surface area contributed by atoms with Gasteiger partial charge in [-0.1, -0.05) is 24.3 Å². The molecule has 9 nitrogen and oxygen atoms in total. The summed E-state index contributed by atoms with van der Waals surface area (Å²) in [5.74, 6) is -1.31. The minimum absolute atomic E-state index is 0.0811. The number of esters is 1. The van der Waals surface area contributed by atoms with Crippen molar-refractivity contribution in [2.45, 2.75) is 49.6 Å². The lowest BCUT2D eigenvalue weighted by atomic mass is 9.79. The Labute approximate surface area is 203 Å². The number of carboxylic acid groups (broad SMARTS) is 1. The van der Waals surface area contributed by atoms with Crippen LogP contribution in [0.5, 0.6) is 11.5 Å². The third-order valence-corrected chi connectivity index (χ3v) is 5.93. The number of phenolic OH excluding ortho intramolecular Hbond substituents is 1. The Bertz CT molecular complexity index is 1030. The number of hydrogen-bond acceptors (Lipinski definition) is 8. The predicted molar refractivity (Wildman–Crippen MR) is 126 cm³/mol. The number of methoxy groups -OCH3 is 1. The number of aryl methyl sites for hydroxylation is 1. The molecule has 0 unspecified atom stereocenters. The van der Waals surface area contributed by atoms with Crippen LogP contribution < -0.4 is 4.74 Å². The first-order valence-corrected chi connectivity index (χ1v) is 11.3. The Kier molecular flexibility index (Phi) is 8.86. The van der Waals surface area contributed by atoms with Gasteiger partial charge in [-0.2, -0.15) is 0 Å². The third kappa shape index (κ3) is 7.05. The molecule has 188 valence electrons. The molecule has 1 fully saturated rings. The topological polar surface area (TPSA) is 143 Å². The van der Waals surface area contributed by atoms with Gasteiger partial charge in [-0.3, -0.25) is 0 Å². The maximum atomic E-state index is 12.3. The Morgan fingerprint density at radius 1 is 1.11 bits per heavy atom. The van der Waals surface area contributed by atoms with Crippen molar-refractivity contribution >= 4 is 18.0 Å². The molecule has 2 aromatic rings. The van der Waals surface area contributed by atoms with Gasteiger partial charge < -0.3 is 34.6 Å². The van der Waals surface area contributed by atoms with Gasteiger partial charge in [0.15, 0.2) is 5.60 Å². The molecule has 3 rings (SSSR count). The average Bonchev–Trinajstić information content (AvgIpc) is 2.84. The van der Waals surface area contributed by atoms with E-state index < -0.39 is 35.9 Å². The lowest BCUT2D eigenvalue weighted by molar-refractivity contribution is -0.207. The molecule has 4 N–H and O–H groups in total. The quantitative estimate of drug-likeness (QED) is 0.226. The van der Waals surface area contributed by atoms with Gasteiger partial charge in [-0.05, 0) is 54.3 Å². The van der Waals surface area contributed by atoms with E-state index in [0.717, 1.165) is 17.4 Å². The molecule has 0 saturated heterocycles. The Balaban J connectivity index is 1.61. The summed E-state index contributed by atoms with van der Waals surface area (Å²) in [4.78, 5) is 24.4. The number of hydrogen-bond donors (Lipinski definition) is 4. The molecule has 0 aromatic heterocycles. The van der Waals surface area contributed by atoms with E-state index in [0.29, 0.717) is 18.4 Å². The zero-order valence-corrected chi connectivity index (χ0v) is 19.4. The molecule has 1 aliphatic carbocycles. The zero-order chi connectivity index (χ0) is 25.4. The summed E-state index contributed by atoms with van der Waals surface area (Å²) in [7, 11) is 1.58. The molecule has 1 saturated carbocycles. The molecule has 9 heteroatoms. The number of aliphatic carboxylic acids is 1. The summed E-state index contributed by atoms with van der Waals surface area (Å²) in [6.45, 7) is 0.0910. The highest BCUT2D eigenvalue weighted by molar-refractivity contribution is 5.87. The second kappa shape index (κ2) is 11.8. The molecule has 0 amide bonds. The molecule has 0 spiro atoms. The Morgan fingerprint density at radius 2 is 1.86 bits per heavy atom. The molecular formula is C26H30O9. The van der Waals surface area contributed by atoms with Gasteiger partial charge in [0, 0.05) is 25.5 Å². The number of aliphatic hydroxyl groups excluding tert-OH is 2. The van der Waals surface area contributed by atoms with Crippen LogP contribution in [0.2, 0.25) is 0 Å². The fourth-order valence-corrected chi connectivity index (χ4v) is 4.01. The third-order valence-electron chi connectivity index (χ3n) is 5.93. The minimum atomic E-state index is -1.81. The maximum Gasteiger partial charge on any atom is 0.336 e. The number of phenols is 1. The van der Waals surface area contributed by atoms with E-state index in [1.165, 1.54) is 18.2 Å². The molecule has 2 aromatic carbocycles. The molecule has 0 radical (unpaired) electrons. The van der Waals surface area contributed by atoms with Crippen molar-refractivity contribution in [3.05, 3.63) is 65.7 Å². The van der Waals surface area contributed by atoms with Gasteiger partial charge >= 0.3 is 11.9 Å². The normalized spacial score (nSPS) is 24.3. The molecule has 0 aliphatic heterocycles. The fourth-order valence-electron chi connectivity index (χ4n) is 4.01. The van der Waals surface area contributed by atoms with Gasteiger partial charge in [0.2, 0.25) is 0 Å². The number of aromatic hydroxyl groups is 1. The average molecular weight is 487 g/mol. The number of carbonyl (C=O) groups is 2. The second-order valence-electron chi connectivity index (χ2n) is 8.47. The van der Waals surface area contributed by atoms with Crippen LogP contribution in [0, 0.1) is 0 Å². The number of aliphatic hydroxyl groups is 2. The summed E-state index contributed by atoms with van der Waals surface area (Å²) in [5, 5.41) is 39.9. The predicted octanol–water partition coefficient (Wildman–Crippen LogP) is 2.31. The van der Waals surface area contributed by atoms with Crippen molar-refractivity contribution in [1.82, 2.24) is 0 Å². The molecule has 35 heavy (non-hydrogen) atoms. The summed E-state index contributed by atoms with van der Waals surface area (Å²) in [6, 6.07) is 13.6. The van der Waals surface area contributed by atoms with Crippen LogP contribution in [-0.2, 0) is 25.5 Å². The van der Waals surface area contributed by atoms with Gasteiger partial charge in [-0.25, -0.2) is 9.59 Å². The first-order valence-electron chi connectivity index (χ1n) is 11.3. The number of carboxylic acids is 1. The summed E-state index contributed by atoms with van der Waals surface area (Å²) < 4.78 is 16.2. The standard InChI is InChI=1S/C26H30O9/c1-33-20-6-2-4-18(14-20)5-3-13-34-26(25(31)32)15-21(28)24(30)22(16-26)35-23(29)12-9-17-7-10-19(27)11-8-17/h2,4,6-12,14,21-22,24,27-28,30H,3,5,13,15-16H2,1H3,(H,31,32)/b12-9+/t21-,22+,24+,26-/m0/s1. The van der Waals surface area contributed by atoms with E-state index >= 15 is 0 Å². The van der Waals surface area contributed by atoms with Crippen LogP contribution in [0.3, 0.4) is 0 Å². The lowest BCUT2D eigenvalue weighted by Crippen LogP contribution is -2.58. The number of carbonyl (C=O) groups excluding carboxylic acids is 1. The highest BCUT2D eigenvalue weighted by atomic mass is 16.6. The van der Waals surface area contributed by atoms with Gasteiger partial charge in [0.1, 0.15) is 23.7 Å². The van der Waals surface area contributed by atoms with Crippen molar-refractivity contribution < 1.29 is 44.2 Å². The van der Waals surface area contributed by atoms with Crippen molar-refractivity contribution in [1.29, 1.82) is 0 Å². The largest absolute Gasteiger partial charge is 0.508 e. The number of ether oxygens (including phenoxy) is 3. The van der Waals surface area contributed by atoms with E-state index in [-0.39, 0.29) is 25.2 Å². The fraction of sp³-hybridized carbons (Fsp3) is 0.385. The Hall–Kier alpha value is -3.40. The first-order chi connectivity index (χ1) is 16.7. The first kappa shape index (κ1) is 26.2. The van der Waals surface area contributed by atoms with E-state index in [2.05, 4.69) is 0 Å². The van der Waals surface area contributed by atoms with E-state index in [4.69, 9.17) is 14.2 Å². The molecule has 0 heterocycles. The minimum Gasteiger partial charge on any atom is -0.508 e. The lowest BCUT2D eigenvalue weighted by Gasteiger charge is -2.41. The number of benzene rings is 2. The molecule has 1 aliphatic rings. The van der Waals surface area contributed by atoms with Gasteiger partial charge in [0.05, 0.1) is 13.2 Å². The summed E-state index contributed by atoms with van der Waals surface area (Å²) >= 11 is 0. The van der Waals surface area contributed by atoms with Crippen molar-refractivity contribution in [2.24, 2.45) is 0 Å². The summed E-state index contributed by atoms with van der Waals surface area (Å²) in [5.41, 5.74) is -0.176. The highest BCUT2D eigenvalue weighted by Gasteiger charge is 2.52. The van der Waals surface area contributed by atoms with Crippen LogP contribution in [0.1, 0.15) is 30.4 Å². The van der Waals surface area contributed by atoms with E-state index in [1.807, 2.05) is 24.3 Å². The van der Waals surface area contributed by atoms with Crippen LogP contribution in [0.25, 0.3) is 6.08 Å². The van der Waals surface area contributed by atoms with Crippen LogP contribution in [-0.4, -0.2) is 70.0 Å². The van der Waals surface area contributed by atoms with Crippen molar-refractivity contribution in [3.63, 3.8) is 0 Å². The molecule has 0 bridgehead atoms. The van der Waals surface area contributed by atoms with Crippen LogP contribution >= 0.6 is 0 Å². The smallest absolute Gasteiger partial charge is 0.336 e. The van der Waals surface area contributed by atoms with Crippen LogP contribution in [0.4, 0.5) is 0 Å². The van der Waals surface area contributed by atoms with Crippen molar-refractivity contribution in [2.75, 3.05) is 13.7 Å². The summed E-state index contributed by atoms with van der Waals surface area (Å²) in [6.07, 6.45) is -1.10. The number of rotatable bonds is 10. The zero-order valence-electron chi connectivity index (χ0n) is 19.4. The maximum absolute atomic E-state index is 12.3. The van der Waals surface area contributed by atoms with Crippen molar-refractivity contribution in [3.8, 4) is 11.5 Å². The van der Waals surface area contributed by atoms with E-state index in [9.17, 15) is 30.0 Å². The Morgan fingerprint density at radius 3 is 2.54 bits per heavy atom. The molecule has 4 atom stereocenters. The SMILES string of the molecule is COc1cccc(CCCO[C@@]2(C(=O)O)C[C@H](O)[C@@H](O)[C@H](OC(=O)/C=C/c3ccc(O)cc3)C2)c1. The van der Waals surface area contributed by atoms with Gasteiger partial charge in [-0.15, -0.1) is 0 Å². The second-order valence-corrected chi connectivity index (χ2v) is 8.47. The monoisotopic (exact) mass is 486 g/mol. The van der Waals surface area contributed by atoms with Gasteiger partial charge in [0.25, 0.3) is 0 Å². The molecular weight excluding hydrogens is 456 g/mol.